The molecule has 0 aliphatic carbocycles. The van der Waals surface area contributed by atoms with E-state index in [-0.39, 0.29) is 6.04 Å². The zero-order valence-corrected chi connectivity index (χ0v) is 14.7. The number of fused-ring (bicyclic) bond motifs is 3. The molecule has 1 N–H and O–H groups in total. The normalized spacial score (nSPS) is 20.8. The maximum Gasteiger partial charge on any atom is 0.101 e. The van der Waals surface area contributed by atoms with Gasteiger partial charge in [-0.25, -0.2) is 0 Å². The van der Waals surface area contributed by atoms with Crippen molar-refractivity contribution in [1.82, 2.24) is 14.5 Å². The van der Waals surface area contributed by atoms with Crippen molar-refractivity contribution in [2.45, 2.75) is 38.5 Å². The predicted octanol–water partition coefficient (Wildman–Crippen LogP) is 3.16. The quantitative estimate of drug-likeness (QED) is 0.783. The maximum atomic E-state index is 11.1. The number of aliphatic hydroxyl groups excluding tert-OH is 1. The number of hydrogen-bond acceptors (Lipinski definition) is 3. The van der Waals surface area contributed by atoms with Gasteiger partial charge in [0.2, 0.25) is 0 Å². The summed E-state index contributed by atoms with van der Waals surface area (Å²) in [5, 5.41) is 12.5. The average Bonchev–Trinajstić information content (AvgIpc) is 3.14. The van der Waals surface area contributed by atoms with Crippen molar-refractivity contribution in [2.75, 3.05) is 13.6 Å². The Labute approximate surface area is 147 Å². The summed E-state index contributed by atoms with van der Waals surface area (Å²) in [5.41, 5.74) is 7.81. The highest BCUT2D eigenvalue weighted by atomic mass is 16.3. The van der Waals surface area contributed by atoms with Gasteiger partial charge in [-0.2, -0.15) is 0 Å². The van der Waals surface area contributed by atoms with Crippen molar-refractivity contribution >= 4 is 10.9 Å². The molecule has 0 saturated carbocycles. The Morgan fingerprint density at radius 1 is 1.32 bits per heavy atom. The molecule has 5 rings (SSSR count). The smallest absolute Gasteiger partial charge is 0.101 e. The van der Waals surface area contributed by atoms with Gasteiger partial charge >= 0.3 is 0 Å². The largest absolute Gasteiger partial charge is 0.386 e. The molecule has 0 radical (unpaired) electrons. The Kier molecular flexibility index (Phi) is 3.27. The van der Waals surface area contributed by atoms with E-state index in [0.717, 1.165) is 31.5 Å². The van der Waals surface area contributed by atoms with Crippen molar-refractivity contribution in [2.24, 2.45) is 0 Å². The molecule has 0 spiro atoms. The van der Waals surface area contributed by atoms with Gasteiger partial charge < -0.3 is 14.6 Å². The van der Waals surface area contributed by atoms with Crippen LogP contribution in [0.4, 0.5) is 0 Å². The molecule has 0 bridgehead atoms. The minimum Gasteiger partial charge on any atom is -0.386 e. The van der Waals surface area contributed by atoms with Gasteiger partial charge in [-0.3, -0.25) is 4.98 Å². The third-order valence-electron chi connectivity index (χ3n) is 5.85. The highest BCUT2D eigenvalue weighted by Crippen LogP contribution is 2.45. The SMILES string of the molecule is Cc1cc2c3c(c1)c1c(n3C(C(O)c3cccnc3)C2)CCN(C)C1. The zero-order valence-electron chi connectivity index (χ0n) is 14.7. The van der Waals surface area contributed by atoms with Gasteiger partial charge in [-0.1, -0.05) is 17.7 Å². The lowest BCUT2D eigenvalue weighted by molar-refractivity contribution is 0.116. The molecular weight excluding hydrogens is 310 g/mol. The Hall–Kier alpha value is -2.17. The Morgan fingerprint density at radius 3 is 3.00 bits per heavy atom. The fourth-order valence-electron chi connectivity index (χ4n) is 4.76. The fraction of sp³-hybridized carbons (Fsp3) is 0.381. The number of pyridine rings is 1. The van der Waals surface area contributed by atoms with Crippen LogP contribution in [0.25, 0.3) is 10.9 Å². The summed E-state index contributed by atoms with van der Waals surface area (Å²) >= 11 is 0. The van der Waals surface area contributed by atoms with E-state index in [1.807, 2.05) is 12.1 Å². The molecule has 4 nitrogen and oxygen atoms in total. The van der Waals surface area contributed by atoms with Crippen molar-refractivity contribution in [3.63, 3.8) is 0 Å². The summed E-state index contributed by atoms with van der Waals surface area (Å²) in [5.74, 6) is 0. The number of likely N-dealkylation sites (N-methyl/N-ethyl adjacent to an activating group) is 1. The van der Waals surface area contributed by atoms with Gasteiger partial charge in [0.05, 0.1) is 11.6 Å². The second kappa shape index (κ2) is 5.41. The first-order valence-electron chi connectivity index (χ1n) is 9.05. The molecule has 0 amide bonds. The summed E-state index contributed by atoms with van der Waals surface area (Å²) in [6, 6.07) is 8.57. The summed E-state index contributed by atoms with van der Waals surface area (Å²) in [4.78, 5) is 6.59. The molecule has 0 fully saturated rings. The third-order valence-corrected chi connectivity index (χ3v) is 5.85. The van der Waals surface area contributed by atoms with E-state index in [9.17, 15) is 5.11 Å². The van der Waals surface area contributed by atoms with Gasteiger partial charge in [0.1, 0.15) is 6.10 Å². The number of aromatic nitrogens is 2. The summed E-state index contributed by atoms with van der Waals surface area (Å²) in [6.45, 7) is 4.25. The van der Waals surface area contributed by atoms with Crippen LogP contribution in [-0.2, 0) is 19.4 Å². The number of hydrogen-bond donors (Lipinski definition) is 1. The summed E-state index contributed by atoms with van der Waals surface area (Å²) < 4.78 is 2.45. The molecule has 2 aromatic heterocycles. The van der Waals surface area contributed by atoms with Gasteiger partial charge in [0.25, 0.3) is 0 Å². The Morgan fingerprint density at radius 2 is 2.20 bits per heavy atom. The standard InChI is InChI=1S/C21H23N3O/c1-13-8-15-10-19(21(25)14-4-3-6-22-11-14)24-18-5-7-23(2)12-17(18)16(9-13)20(15)24/h3-4,6,8-9,11,19,21,25H,5,7,10,12H2,1-2H3. The first kappa shape index (κ1) is 15.1. The molecule has 2 aliphatic rings. The molecule has 1 aromatic carbocycles. The van der Waals surface area contributed by atoms with Gasteiger partial charge in [0, 0.05) is 48.5 Å². The molecule has 2 aliphatic heterocycles. The van der Waals surface area contributed by atoms with Crippen molar-refractivity contribution < 1.29 is 5.11 Å². The Balaban J connectivity index is 1.71. The second-order valence-corrected chi connectivity index (χ2v) is 7.61. The lowest BCUT2D eigenvalue weighted by atomic mass is 9.95. The number of aryl methyl sites for hydroxylation is 1. The van der Waals surface area contributed by atoms with Crippen LogP contribution >= 0.6 is 0 Å². The number of rotatable bonds is 2. The number of benzene rings is 1. The van der Waals surface area contributed by atoms with E-state index in [0.29, 0.717) is 0 Å². The highest BCUT2D eigenvalue weighted by Gasteiger charge is 2.36. The zero-order chi connectivity index (χ0) is 17.1. The molecule has 4 heteroatoms. The Bertz CT molecular complexity index is 960. The minimum atomic E-state index is -0.527. The molecular formula is C21H23N3O. The van der Waals surface area contributed by atoms with E-state index < -0.39 is 6.10 Å². The van der Waals surface area contributed by atoms with E-state index >= 15 is 0 Å². The first-order chi connectivity index (χ1) is 12.1. The molecule has 4 heterocycles. The average molecular weight is 333 g/mol. The second-order valence-electron chi connectivity index (χ2n) is 7.61. The molecule has 0 saturated heterocycles. The first-order valence-corrected chi connectivity index (χ1v) is 9.05. The van der Waals surface area contributed by atoms with Crippen LogP contribution in [0.3, 0.4) is 0 Å². The lowest BCUT2D eigenvalue weighted by Crippen LogP contribution is -2.28. The van der Waals surface area contributed by atoms with Crippen LogP contribution in [-0.4, -0.2) is 33.1 Å². The van der Waals surface area contributed by atoms with Crippen LogP contribution in [0.5, 0.6) is 0 Å². The van der Waals surface area contributed by atoms with Crippen molar-refractivity contribution in [1.29, 1.82) is 0 Å². The van der Waals surface area contributed by atoms with Gasteiger partial charge in [-0.05, 0) is 43.7 Å². The molecule has 25 heavy (non-hydrogen) atoms. The third kappa shape index (κ3) is 2.17. The van der Waals surface area contributed by atoms with E-state index in [1.165, 1.54) is 33.3 Å². The molecule has 2 unspecified atom stereocenters. The summed E-state index contributed by atoms with van der Waals surface area (Å²) in [7, 11) is 2.19. The van der Waals surface area contributed by atoms with Gasteiger partial charge in [-0.15, -0.1) is 0 Å². The summed E-state index contributed by atoms with van der Waals surface area (Å²) in [6.07, 6.45) is 4.97. The van der Waals surface area contributed by atoms with Crippen LogP contribution in [0.1, 0.15) is 40.1 Å². The van der Waals surface area contributed by atoms with E-state index in [1.54, 1.807) is 12.4 Å². The van der Waals surface area contributed by atoms with E-state index in [4.69, 9.17) is 0 Å². The van der Waals surface area contributed by atoms with Crippen molar-refractivity contribution in [3.8, 4) is 0 Å². The van der Waals surface area contributed by atoms with E-state index in [2.05, 4.69) is 40.6 Å². The fourth-order valence-corrected chi connectivity index (χ4v) is 4.76. The topological polar surface area (TPSA) is 41.3 Å². The maximum absolute atomic E-state index is 11.1. The van der Waals surface area contributed by atoms with Crippen LogP contribution < -0.4 is 0 Å². The molecule has 3 aromatic rings. The van der Waals surface area contributed by atoms with Crippen LogP contribution in [0.2, 0.25) is 0 Å². The minimum absolute atomic E-state index is 0.0654. The molecule has 2 atom stereocenters. The highest BCUT2D eigenvalue weighted by molar-refractivity contribution is 5.90. The lowest BCUT2D eigenvalue weighted by Gasteiger charge is -2.28. The van der Waals surface area contributed by atoms with Gasteiger partial charge in [0.15, 0.2) is 0 Å². The van der Waals surface area contributed by atoms with Crippen LogP contribution in [0, 0.1) is 6.92 Å². The number of aliphatic hydroxyl groups is 1. The van der Waals surface area contributed by atoms with Crippen LogP contribution in [0.15, 0.2) is 36.7 Å². The number of nitrogens with zero attached hydrogens (tertiary/aromatic N) is 3. The van der Waals surface area contributed by atoms with Crippen molar-refractivity contribution in [3.05, 3.63) is 64.6 Å². The predicted molar refractivity (Wildman–Crippen MR) is 98.7 cm³/mol. The monoisotopic (exact) mass is 333 g/mol. The molecule has 128 valence electrons.